The van der Waals surface area contributed by atoms with Gasteiger partial charge in [0.1, 0.15) is 5.69 Å². The van der Waals surface area contributed by atoms with Crippen LogP contribution in [0.2, 0.25) is 0 Å². The normalized spacial score (nSPS) is 16.5. The van der Waals surface area contributed by atoms with Gasteiger partial charge in [0, 0.05) is 46.1 Å². The van der Waals surface area contributed by atoms with Gasteiger partial charge in [0.05, 0.1) is 6.33 Å². The first-order chi connectivity index (χ1) is 9.20. The van der Waals surface area contributed by atoms with Gasteiger partial charge in [-0.05, 0) is 18.8 Å². The second-order valence-electron chi connectivity index (χ2n) is 5.03. The molecule has 1 aromatic rings. The Hall–Kier alpha value is -1.40. The number of carbonyl (C=O) groups is 1. The van der Waals surface area contributed by atoms with E-state index in [0.717, 1.165) is 32.6 Å². The number of imidazole rings is 1. The topological polar surface area (TPSA) is 73.4 Å². The van der Waals surface area contributed by atoms with E-state index in [-0.39, 0.29) is 5.91 Å². The summed E-state index contributed by atoms with van der Waals surface area (Å²) in [5.41, 5.74) is 5.96. The minimum absolute atomic E-state index is 0.0257. The maximum atomic E-state index is 12.2. The van der Waals surface area contributed by atoms with E-state index in [2.05, 4.69) is 4.98 Å². The van der Waals surface area contributed by atoms with Crippen molar-refractivity contribution in [2.75, 3.05) is 33.4 Å². The highest BCUT2D eigenvalue weighted by atomic mass is 16.5. The number of amides is 1. The van der Waals surface area contributed by atoms with E-state index in [1.165, 1.54) is 0 Å². The van der Waals surface area contributed by atoms with Crippen molar-refractivity contribution in [3.05, 3.63) is 18.2 Å². The predicted molar refractivity (Wildman–Crippen MR) is 71.8 cm³/mol. The third kappa shape index (κ3) is 3.78. The molecule has 1 aromatic heterocycles. The molecule has 2 N–H and O–H groups in total. The molecule has 0 aliphatic carbocycles. The largest absolute Gasteiger partial charge is 0.381 e. The van der Waals surface area contributed by atoms with Gasteiger partial charge in [0.15, 0.2) is 0 Å². The van der Waals surface area contributed by atoms with Gasteiger partial charge in [0.25, 0.3) is 5.91 Å². The summed E-state index contributed by atoms with van der Waals surface area (Å²) in [6.45, 7) is 3.60. The van der Waals surface area contributed by atoms with E-state index < -0.39 is 0 Å². The molecule has 0 spiro atoms. The molecule has 1 fully saturated rings. The summed E-state index contributed by atoms with van der Waals surface area (Å²) in [7, 11) is 1.83. The lowest BCUT2D eigenvalue weighted by molar-refractivity contribution is 0.0495. The average molecular weight is 266 g/mol. The SMILES string of the molecule is CN(CC1CCOCC1)C(=O)c1cn(CCN)cn1. The van der Waals surface area contributed by atoms with Gasteiger partial charge in [-0.3, -0.25) is 4.79 Å². The van der Waals surface area contributed by atoms with Crippen molar-refractivity contribution in [2.45, 2.75) is 19.4 Å². The predicted octanol–water partition coefficient (Wildman–Crippen LogP) is 0.340. The number of nitrogens with zero attached hydrogens (tertiary/aromatic N) is 3. The Bertz CT molecular complexity index is 413. The molecule has 106 valence electrons. The smallest absolute Gasteiger partial charge is 0.273 e. The lowest BCUT2D eigenvalue weighted by Gasteiger charge is -2.26. The molecular formula is C13H22N4O2. The second-order valence-corrected chi connectivity index (χ2v) is 5.03. The van der Waals surface area contributed by atoms with Crippen LogP contribution in [-0.2, 0) is 11.3 Å². The fourth-order valence-corrected chi connectivity index (χ4v) is 2.34. The Morgan fingerprint density at radius 3 is 3.00 bits per heavy atom. The van der Waals surface area contributed by atoms with Crippen molar-refractivity contribution in [1.29, 1.82) is 0 Å². The van der Waals surface area contributed by atoms with Crippen molar-refractivity contribution in [3.63, 3.8) is 0 Å². The molecule has 0 unspecified atom stereocenters. The second kappa shape index (κ2) is 6.68. The number of carbonyl (C=O) groups excluding carboxylic acids is 1. The van der Waals surface area contributed by atoms with E-state index >= 15 is 0 Å². The van der Waals surface area contributed by atoms with E-state index in [9.17, 15) is 4.79 Å². The van der Waals surface area contributed by atoms with Gasteiger partial charge >= 0.3 is 0 Å². The van der Waals surface area contributed by atoms with Gasteiger partial charge in [-0.2, -0.15) is 0 Å². The van der Waals surface area contributed by atoms with Crippen LogP contribution in [0.4, 0.5) is 0 Å². The van der Waals surface area contributed by atoms with Gasteiger partial charge in [0.2, 0.25) is 0 Å². The van der Waals surface area contributed by atoms with Gasteiger partial charge in [-0.1, -0.05) is 0 Å². The van der Waals surface area contributed by atoms with E-state index in [4.69, 9.17) is 10.5 Å². The van der Waals surface area contributed by atoms with E-state index in [1.54, 1.807) is 17.4 Å². The average Bonchev–Trinajstić information content (AvgIpc) is 2.88. The molecule has 1 aliphatic heterocycles. The molecule has 2 rings (SSSR count). The number of ether oxygens (including phenoxy) is 1. The first-order valence-corrected chi connectivity index (χ1v) is 6.75. The molecular weight excluding hydrogens is 244 g/mol. The zero-order valence-corrected chi connectivity index (χ0v) is 11.4. The first-order valence-electron chi connectivity index (χ1n) is 6.75. The third-order valence-electron chi connectivity index (χ3n) is 3.46. The Balaban J connectivity index is 1.89. The quantitative estimate of drug-likeness (QED) is 0.834. The molecule has 2 heterocycles. The van der Waals surface area contributed by atoms with Gasteiger partial charge in [-0.25, -0.2) is 4.98 Å². The van der Waals surface area contributed by atoms with Gasteiger partial charge in [-0.15, -0.1) is 0 Å². The standard InChI is InChI=1S/C13H22N4O2/c1-16(8-11-2-6-19-7-3-11)13(18)12-9-17(5-4-14)10-15-12/h9-11H,2-8,14H2,1H3. The van der Waals surface area contributed by atoms with Crippen LogP contribution in [0.5, 0.6) is 0 Å². The molecule has 6 nitrogen and oxygen atoms in total. The summed E-state index contributed by atoms with van der Waals surface area (Å²) >= 11 is 0. The van der Waals surface area contributed by atoms with Crippen LogP contribution in [-0.4, -0.2) is 53.7 Å². The Morgan fingerprint density at radius 1 is 1.58 bits per heavy atom. The van der Waals surface area contributed by atoms with Crippen molar-refractivity contribution in [3.8, 4) is 0 Å². The Kier molecular flexibility index (Phi) is 4.93. The zero-order valence-electron chi connectivity index (χ0n) is 11.4. The van der Waals surface area contributed by atoms with Crippen molar-refractivity contribution in [1.82, 2.24) is 14.5 Å². The number of rotatable bonds is 5. The number of aromatic nitrogens is 2. The number of hydrogen-bond acceptors (Lipinski definition) is 4. The molecule has 19 heavy (non-hydrogen) atoms. The third-order valence-corrected chi connectivity index (χ3v) is 3.46. The fourth-order valence-electron chi connectivity index (χ4n) is 2.34. The van der Waals surface area contributed by atoms with Crippen LogP contribution in [0, 0.1) is 5.92 Å². The highest BCUT2D eigenvalue weighted by Crippen LogP contribution is 2.16. The van der Waals surface area contributed by atoms with Gasteiger partial charge < -0.3 is 19.9 Å². The molecule has 1 saturated heterocycles. The molecule has 0 aromatic carbocycles. The Morgan fingerprint density at radius 2 is 2.32 bits per heavy atom. The van der Waals surface area contributed by atoms with Crippen LogP contribution in [0.1, 0.15) is 23.3 Å². The maximum absolute atomic E-state index is 12.2. The zero-order chi connectivity index (χ0) is 13.7. The lowest BCUT2D eigenvalue weighted by atomic mass is 10.00. The molecule has 6 heteroatoms. The molecule has 0 saturated carbocycles. The minimum Gasteiger partial charge on any atom is -0.381 e. The summed E-state index contributed by atoms with van der Waals surface area (Å²) in [6, 6.07) is 0. The van der Waals surface area contributed by atoms with Crippen LogP contribution >= 0.6 is 0 Å². The highest BCUT2D eigenvalue weighted by Gasteiger charge is 2.20. The fraction of sp³-hybridized carbons (Fsp3) is 0.692. The number of nitrogens with two attached hydrogens (primary N) is 1. The molecule has 0 bridgehead atoms. The number of hydrogen-bond donors (Lipinski definition) is 1. The van der Waals surface area contributed by atoms with Crippen LogP contribution < -0.4 is 5.73 Å². The van der Waals surface area contributed by atoms with Crippen LogP contribution in [0.25, 0.3) is 0 Å². The van der Waals surface area contributed by atoms with Crippen molar-refractivity contribution in [2.24, 2.45) is 11.7 Å². The molecule has 1 aliphatic rings. The summed E-state index contributed by atoms with van der Waals surface area (Å²) < 4.78 is 7.17. The minimum atomic E-state index is -0.0257. The van der Waals surface area contributed by atoms with Crippen molar-refractivity contribution < 1.29 is 9.53 Å². The van der Waals surface area contributed by atoms with Crippen LogP contribution in [0.3, 0.4) is 0 Å². The maximum Gasteiger partial charge on any atom is 0.273 e. The monoisotopic (exact) mass is 266 g/mol. The summed E-state index contributed by atoms with van der Waals surface area (Å²) in [4.78, 5) is 18.1. The summed E-state index contributed by atoms with van der Waals surface area (Å²) in [5, 5.41) is 0. The molecule has 0 radical (unpaired) electrons. The van der Waals surface area contributed by atoms with E-state index in [1.807, 2.05) is 11.6 Å². The highest BCUT2D eigenvalue weighted by molar-refractivity contribution is 5.91. The van der Waals surface area contributed by atoms with E-state index in [0.29, 0.717) is 24.7 Å². The van der Waals surface area contributed by atoms with Crippen LogP contribution in [0.15, 0.2) is 12.5 Å². The lowest BCUT2D eigenvalue weighted by Crippen LogP contribution is -2.34. The summed E-state index contributed by atoms with van der Waals surface area (Å²) in [5.74, 6) is 0.510. The molecule has 1 amide bonds. The summed E-state index contributed by atoms with van der Waals surface area (Å²) in [6.07, 6.45) is 5.47. The molecule has 0 atom stereocenters. The van der Waals surface area contributed by atoms with Crippen molar-refractivity contribution >= 4 is 5.91 Å². The Labute approximate surface area is 113 Å². The first kappa shape index (κ1) is 14.0.